The summed E-state index contributed by atoms with van der Waals surface area (Å²) in [6.45, 7) is 0. The van der Waals surface area contributed by atoms with Crippen molar-refractivity contribution < 1.29 is 0 Å². The van der Waals surface area contributed by atoms with Gasteiger partial charge in [-0.3, -0.25) is 0 Å². The normalized spacial score (nSPS) is 47.3. The van der Waals surface area contributed by atoms with Crippen LogP contribution in [-0.4, -0.2) is 6.04 Å². The van der Waals surface area contributed by atoms with E-state index in [2.05, 4.69) is 0 Å². The number of hydrogen-bond acceptors (Lipinski definition) is 1. The standard InChI is InChI=1S/C12H21N/c13-11-9-4-5-10(8-9)12(11)6-2-1-3-7-12/h9-11H,1-8,13H2/t9?,10-,11+/m0/s1. The zero-order valence-corrected chi connectivity index (χ0v) is 8.47. The van der Waals surface area contributed by atoms with Crippen LogP contribution < -0.4 is 5.73 Å². The number of fused-ring (bicyclic) bond motifs is 3. The Morgan fingerprint density at radius 2 is 1.77 bits per heavy atom. The second-order valence-electron chi connectivity index (χ2n) is 5.59. The minimum atomic E-state index is 0.576. The van der Waals surface area contributed by atoms with Crippen molar-refractivity contribution in [2.75, 3.05) is 0 Å². The van der Waals surface area contributed by atoms with Crippen molar-refractivity contribution in [3.63, 3.8) is 0 Å². The molecule has 2 N–H and O–H groups in total. The smallest absolute Gasteiger partial charge is 0.0127 e. The minimum Gasteiger partial charge on any atom is -0.327 e. The first-order chi connectivity index (χ1) is 6.33. The molecule has 1 spiro atoms. The van der Waals surface area contributed by atoms with Crippen LogP contribution >= 0.6 is 0 Å². The van der Waals surface area contributed by atoms with Crippen LogP contribution in [0.4, 0.5) is 0 Å². The molecule has 0 radical (unpaired) electrons. The van der Waals surface area contributed by atoms with Crippen LogP contribution in [0.25, 0.3) is 0 Å². The molecule has 3 rings (SSSR count). The maximum atomic E-state index is 6.43. The van der Waals surface area contributed by atoms with Crippen molar-refractivity contribution in [2.45, 2.75) is 57.4 Å². The van der Waals surface area contributed by atoms with Gasteiger partial charge in [0.15, 0.2) is 0 Å². The maximum absolute atomic E-state index is 6.43. The molecule has 0 amide bonds. The molecule has 1 heteroatoms. The van der Waals surface area contributed by atoms with Crippen LogP contribution in [0.5, 0.6) is 0 Å². The van der Waals surface area contributed by atoms with Crippen LogP contribution in [0.3, 0.4) is 0 Å². The van der Waals surface area contributed by atoms with Crippen LogP contribution in [0.1, 0.15) is 51.4 Å². The van der Waals surface area contributed by atoms with E-state index in [9.17, 15) is 0 Å². The van der Waals surface area contributed by atoms with Crippen LogP contribution in [0.15, 0.2) is 0 Å². The lowest BCUT2D eigenvalue weighted by atomic mass is 9.62. The summed E-state index contributed by atoms with van der Waals surface area (Å²) >= 11 is 0. The molecule has 0 heterocycles. The van der Waals surface area contributed by atoms with E-state index in [-0.39, 0.29) is 0 Å². The van der Waals surface area contributed by atoms with E-state index in [1.54, 1.807) is 0 Å². The highest BCUT2D eigenvalue weighted by atomic mass is 14.8. The maximum Gasteiger partial charge on any atom is 0.0127 e. The molecular weight excluding hydrogens is 158 g/mol. The van der Waals surface area contributed by atoms with Crippen molar-refractivity contribution in [1.29, 1.82) is 0 Å². The molecule has 2 bridgehead atoms. The van der Waals surface area contributed by atoms with Gasteiger partial charge in [-0.2, -0.15) is 0 Å². The molecule has 3 fully saturated rings. The van der Waals surface area contributed by atoms with Gasteiger partial charge in [-0.25, -0.2) is 0 Å². The zero-order valence-electron chi connectivity index (χ0n) is 8.47. The lowest BCUT2D eigenvalue weighted by Gasteiger charge is -2.45. The Hall–Kier alpha value is -0.0400. The predicted molar refractivity (Wildman–Crippen MR) is 54.3 cm³/mol. The fourth-order valence-corrected chi connectivity index (χ4v) is 4.56. The topological polar surface area (TPSA) is 26.0 Å². The minimum absolute atomic E-state index is 0.576. The van der Waals surface area contributed by atoms with Gasteiger partial charge in [-0.1, -0.05) is 19.3 Å². The van der Waals surface area contributed by atoms with Crippen molar-refractivity contribution in [3.8, 4) is 0 Å². The second kappa shape index (κ2) is 2.73. The molecule has 3 saturated carbocycles. The molecular formula is C12H21N. The van der Waals surface area contributed by atoms with Gasteiger partial charge in [0.25, 0.3) is 0 Å². The third-order valence-corrected chi connectivity index (χ3v) is 5.24. The van der Waals surface area contributed by atoms with E-state index in [0.717, 1.165) is 11.8 Å². The molecule has 0 aromatic heterocycles. The summed E-state index contributed by atoms with van der Waals surface area (Å²) in [6, 6.07) is 0.576. The van der Waals surface area contributed by atoms with Crippen molar-refractivity contribution in [2.24, 2.45) is 23.0 Å². The first kappa shape index (κ1) is 8.28. The average Bonchev–Trinajstić information content (AvgIpc) is 2.73. The van der Waals surface area contributed by atoms with E-state index < -0.39 is 0 Å². The Kier molecular flexibility index (Phi) is 1.74. The molecule has 3 atom stereocenters. The SMILES string of the molecule is N[C@@H]1C2CC[C@@H](C2)C12CCCCC2. The van der Waals surface area contributed by atoms with Crippen LogP contribution in [-0.2, 0) is 0 Å². The van der Waals surface area contributed by atoms with Gasteiger partial charge in [0, 0.05) is 6.04 Å². The van der Waals surface area contributed by atoms with Gasteiger partial charge in [-0.15, -0.1) is 0 Å². The molecule has 1 unspecified atom stereocenters. The average molecular weight is 179 g/mol. The van der Waals surface area contributed by atoms with Gasteiger partial charge in [0.2, 0.25) is 0 Å². The van der Waals surface area contributed by atoms with Crippen LogP contribution in [0, 0.1) is 17.3 Å². The molecule has 0 aliphatic heterocycles. The summed E-state index contributed by atoms with van der Waals surface area (Å²) in [6.07, 6.45) is 11.7. The van der Waals surface area contributed by atoms with Crippen molar-refractivity contribution in [3.05, 3.63) is 0 Å². The number of hydrogen-bond donors (Lipinski definition) is 1. The number of rotatable bonds is 0. The first-order valence-corrected chi connectivity index (χ1v) is 6.08. The Bertz CT molecular complexity index is 201. The van der Waals surface area contributed by atoms with Gasteiger partial charge >= 0.3 is 0 Å². The molecule has 0 aromatic rings. The molecule has 1 nitrogen and oxygen atoms in total. The second-order valence-corrected chi connectivity index (χ2v) is 5.59. The third kappa shape index (κ3) is 0.971. The summed E-state index contributed by atoms with van der Waals surface area (Å²) in [5.41, 5.74) is 7.06. The molecule has 3 aliphatic rings. The lowest BCUT2D eigenvalue weighted by molar-refractivity contribution is 0.0779. The Morgan fingerprint density at radius 1 is 1.00 bits per heavy atom. The van der Waals surface area contributed by atoms with E-state index in [4.69, 9.17) is 5.73 Å². The number of nitrogens with two attached hydrogens (primary N) is 1. The fraction of sp³-hybridized carbons (Fsp3) is 1.00. The van der Waals surface area contributed by atoms with Crippen molar-refractivity contribution >= 4 is 0 Å². The Labute approximate surface area is 81.1 Å². The monoisotopic (exact) mass is 179 g/mol. The molecule has 0 saturated heterocycles. The Morgan fingerprint density at radius 3 is 2.38 bits per heavy atom. The third-order valence-electron chi connectivity index (χ3n) is 5.24. The lowest BCUT2D eigenvalue weighted by Crippen LogP contribution is -2.47. The molecule has 3 aliphatic carbocycles. The summed E-state index contributed by atoms with van der Waals surface area (Å²) in [7, 11) is 0. The largest absolute Gasteiger partial charge is 0.327 e. The Balaban J connectivity index is 1.88. The molecule has 74 valence electrons. The molecule has 13 heavy (non-hydrogen) atoms. The zero-order chi connectivity index (χ0) is 8.89. The first-order valence-electron chi connectivity index (χ1n) is 6.08. The van der Waals surface area contributed by atoms with Crippen LogP contribution in [0.2, 0.25) is 0 Å². The quantitative estimate of drug-likeness (QED) is 0.608. The van der Waals surface area contributed by atoms with Gasteiger partial charge in [0.1, 0.15) is 0 Å². The highest BCUT2D eigenvalue weighted by molar-refractivity contribution is 5.09. The van der Waals surface area contributed by atoms with E-state index in [0.29, 0.717) is 11.5 Å². The summed E-state index contributed by atoms with van der Waals surface area (Å²) in [5, 5.41) is 0. The summed E-state index contributed by atoms with van der Waals surface area (Å²) in [5.74, 6) is 1.93. The summed E-state index contributed by atoms with van der Waals surface area (Å²) < 4.78 is 0. The fourth-order valence-electron chi connectivity index (χ4n) is 4.56. The van der Waals surface area contributed by atoms with Gasteiger partial charge < -0.3 is 5.73 Å². The van der Waals surface area contributed by atoms with E-state index in [1.807, 2.05) is 0 Å². The summed E-state index contributed by atoms with van der Waals surface area (Å²) in [4.78, 5) is 0. The van der Waals surface area contributed by atoms with E-state index >= 15 is 0 Å². The highest BCUT2D eigenvalue weighted by Crippen LogP contribution is 2.60. The molecule has 0 aromatic carbocycles. The van der Waals surface area contributed by atoms with E-state index in [1.165, 1.54) is 51.4 Å². The van der Waals surface area contributed by atoms with Gasteiger partial charge in [-0.05, 0) is 49.4 Å². The van der Waals surface area contributed by atoms with Crippen molar-refractivity contribution in [1.82, 2.24) is 0 Å². The highest BCUT2D eigenvalue weighted by Gasteiger charge is 2.55. The van der Waals surface area contributed by atoms with Gasteiger partial charge in [0.05, 0.1) is 0 Å². The predicted octanol–water partition coefficient (Wildman–Crippen LogP) is 2.69.